The standard InChI is InChI=1S/C20H15O.2ClH.Ti/c21-13-14-7-1-2-8-15(14)20-18-11-5-3-9-16(18)17-10-4-6-12-19(17)20;;;/h1-12,20H,13H2;2*1H;/q-1;;;+3/p-2. The van der Waals surface area contributed by atoms with Crippen molar-refractivity contribution < 1.29 is 49.0 Å². The molecule has 0 radical (unpaired) electrons. The summed E-state index contributed by atoms with van der Waals surface area (Å²) >= 11 is 1.76. The minimum atomic E-state index is 0. The molecule has 3 aromatic rings. The van der Waals surface area contributed by atoms with Gasteiger partial charge in [0.25, 0.3) is 0 Å². The summed E-state index contributed by atoms with van der Waals surface area (Å²) < 4.78 is 5.40. The van der Waals surface area contributed by atoms with Crippen LogP contribution in [0.1, 0.15) is 28.2 Å². The van der Waals surface area contributed by atoms with Gasteiger partial charge in [-0.25, -0.2) is 0 Å². The maximum absolute atomic E-state index is 5.40. The Labute approximate surface area is 167 Å². The van der Waals surface area contributed by atoms with Gasteiger partial charge < -0.3 is 24.8 Å². The topological polar surface area (TPSA) is 9.23 Å². The van der Waals surface area contributed by atoms with Crippen LogP contribution in [0, 0.1) is 0 Å². The second-order valence-electron chi connectivity index (χ2n) is 5.60. The van der Waals surface area contributed by atoms with Gasteiger partial charge in [-0.05, 0) is 0 Å². The summed E-state index contributed by atoms with van der Waals surface area (Å²) in [5, 5.41) is 0. The van der Waals surface area contributed by atoms with Crippen molar-refractivity contribution in [3.63, 3.8) is 0 Å². The van der Waals surface area contributed by atoms with Crippen molar-refractivity contribution in [2.24, 2.45) is 0 Å². The van der Waals surface area contributed by atoms with Crippen LogP contribution in [0.2, 0.25) is 0 Å². The molecule has 3 aromatic carbocycles. The molecule has 0 fully saturated rings. The Balaban J connectivity index is 0.00000104. The van der Waals surface area contributed by atoms with Crippen LogP contribution in [0.25, 0.3) is 11.1 Å². The first-order chi connectivity index (χ1) is 10.9. The molecular formula is C20H15Cl2OTi. The van der Waals surface area contributed by atoms with Gasteiger partial charge in [0.1, 0.15) is 0 Å². The fourth-order valence-corrected chi connectivity index (χ4v) is 3.76. The van der Waals surface area contributed by atoms with Gasteiger partial charge in [-0.3, -0.25) is 0 Å². The van der Waals surface area contributed by atoms with Crippen LogP contribution in [-0.2, 0) is 30.7 Å². The van der Waals surface area contributed by atoms with Gasteiger partial charge in [0, 0.05) is 0 Å². The third-order valence-electron chi connectivity index (χ3n) is 4.43. The second-order valence-corrected chi connectivity index (χ2v) is 6.05. The number of halogens is 2. The van der Waals surface area contributed by atoms with Crippen molar-refractivity contribution in [2.75, 3.05) is 0 Å². The van der Waals surface area contributed by atoms with Crippen LogP contribution >= 0.6 is 0 Å². The van der Waals surface area contributed by atoms with Gasteiger partial charge in [-0.2, -0.15) is 0 Å². The molecule has 0 saturated carbocycles. The van der Waals surface area contributed by atoms with Crippen LogP contribution < -0.4 is 24.8 Å². The number of hydrogen-bond donors (Lipinski definition) is 0. The summed E-state index contributed by atoms with van der Waals surface area (Å²) in [6.07, 6.45) is 0. The quantitative estimate of drug-likeness (QED) is 0.401. The zero-order valence-corrected chi connectivity index (χ0v) is 16.0. The van der Waals surface area contributed by atoms with Gasteiger partial charge in [0.05, 0.1) is 0 Å². The summed E-state index contributed by atoms with van der Waals surface area (Å²) in [5.74, 6) is 0.304. The summed E-state index contributed by atoms with van der Waals surface area (Å²) in [4.78, 5) is 0. The molecule has 0 bridgehead atoms. The molecule has 0 spiro atoms. The van der Waals surface area contributed by atoms with Gasteiger partial charge >= 0.3 is 143 Å². The van der Waals surface area contributed by atoms with Crippen molar-refractivity contribution >= 4 is 0 Å². The number of hydrogen-bond acceptors (Lipinski definition) is 1. The van der Waals surface area contributed by atoms with E-state index in [2.05, 4.69) is 72.8 Å². The van der Waals surface area contributed by atoms with E-state index >= 15 is 0 Å². The fraction of sp³-hybridized carbons (Fsp3) is 0.100. The van der Waals surface area contributed by atoms with Crippen molar-refractivity contribution in [1.29, 1.82) is 0 Å². The average molecular weight is 390 g/mol. The van der Waals surface area contributed by atoms with Gasteiger partial charge in [-0.15, -0.1) is 0 Å². The molecule has 119 valence electrons. The molecule has 0 atom stereocenters. The van der Waals surface area contributed by atoms with E-state index in [9.17, 15) is 0 Å². The molecule has 0 aromatic heterocycles. The molecule has 24 heavy (non-hydrogen) atoms. The molecule has 0 saturated heterocycles. The summed E-state index contributed by atoms with van der Waals surface area (Å²) in [6, 6.07) is 26.1. The second kappa shape index (κ2) is 8.33. The number of rotatable bonds is 3. The predicted octanol–water partition coefficient (Wildman–Crippen LogP) is -1.17. The van der Waals surface area contributed by atoms with Gasteiger partial charge in [0.2, 0.25) is 0 Å². The third kappa shape index (κ3) is 3.20. The minimum absolute atomic E-state index is 0. The van der Waals surface area contributed by atoms with Crippen LogP contribution in [0.5, 0.6) is 0 Å². The molecular weight excluding hydrogens is 375 g/mol. The first-order valence-corrected chi connectivity index (χ1v) is 8.08. The Bertz CT molecular complexity index is 790. The molecule has 0 N–H and O–H groups in total. The molecule has 1 aliphatic carbocycles. The molecule has 0 aliphatic heterocycles. The Kier molecular flexibility index (Phi) is 6.68. The Hall–Kier alpha value is -1.09. The molecule has 0 heterocycles. The number of benzene rings is 3. The van der Waals surface area contributed by atoms with Gasteiger partial charge in [-0.1, -0.05) is 0 Å². The average Bonchev–Trinajstić information content (AvgIpc) is 2.90. The summed E-state index contributed by atoms with van der Waals surface area (Å²) in [6.45, 7) is 0.650. The Morgan fingerprint density at radius 2 is 1.12 bits per heavy atom. The van der Waals surface area contributed by atoms with Crippen molar-refractivity contribution in [3.8, 4) is 11.1 Å². The van der Waals surface area contributed by atoms with E-state index in [1.807, 2.05) is 0 Å². The fourth-order valence-electron chi connectivity index (χ4n) is 3.52. The van der Waals surface area contributed by atoms with E-state index in [1.54, 1.807) is 20.8 Å². The van der Waals surface area contributed by atoms with E-state index in [4.69, 9.17) is 3.32 Å². The number of fused-ring (bicyclic) bond motifs is 3. The van der Waals surface area contributed by atoms with Crippen LogP contribution in [-0.4, -0.2) is 0 Å². The first kappa shape index (κ1) is 19.2. The van der Waals surface area contributed by atoms with Crippen LogP contribution in [0.15, 0.2) is 72.8 Å². The van der Waals surface area contributed by atoms with Gasteiger partial charge in [0.15, 0.2) is 0 Å². The zero-order chi connectivity index (χ0) is 14.9. The van der Waals surface area contributed by atoms with Crippen molar-refractivity contribution in [3.05, 3.63) is 95.1 Å². The monoisotopic (exact) mass is 389 g/mol. The van der Waals surface area contributed by atoms with Crippen molar-refractivity contribution in [1.82, 2.24) is 0 Å². The predicted molar refractivity (Wildman–Crippen MR) is 84.1 cm³/mol. The third-order valence-corrected chi connectivity index (χ3v) is 4.65. The van der Waals surface area contributed by atoms with Crippen LogP contribution in [0.4, 0.5) is 0 Å². The SMILES string of the molecule is [Cl-].[Cl-].[Ti+2][O]Cc1ccccc1C1c2ccccc2-c2ccccc21. The first-order valence-electron chi connectivity index (χ1n) is 7.44. The van der Waals surface area contributed by atoms with E-state index in [0.29, 0.717) is 12.5 Å². The maximum atomic E-state index is 5.40. The molecule has 4 rings (SSSR count). The summed E-state index contributed by atoms with van der Waals surface area (Å²) in [5.41, 5.74) is 8.12. The van der Waals surface area contributed by atoms with E-state index < -0.39 is 0 Å². The van der Waals surface area contributed by atoms with Crippen LogP contribution in [0.3, 0.4) is 0 Å². The van der Waals surface area contributed by atoms with E-state index in [-0.39, 0.29) is 24.8 Å². The van der Waals surface area contributed by atoms with E-state index in [0.717, 1.165) is 0 Å². The molecule has 0 amide bonds. The summed E-state index contributed by atoms with van der Waals surface area (Å²) in [7, 11) is 0. The van der Waals surface area contributed by atoms with Crippen molar-refractivity contribution in [2.45, 2.75) is 12.5 Å². The molecule has 1 nitrogen and oxygen atoms in total. The molecule has 1 aliphatic rings. The zero-order valence-electron chi connectivity index (χ0n) is 12.9. The molecule has 0 unspecified atom stereocenters. The normalized spacial score (nSPS) is 11.9. The Morgan fingerprint density at radius 1 is 0.667 bits per heavy atom. The van der Waals surface area contributed by atoms with E-state index in [1.165, 1.54) is 33.4 Å². The Morgan fingerprint density at radius 3 is 1.67 bits per heavy atom. The molecule has 4 heteroatoms.